The summed E-state index contributed by atoms with van der Waals surface area (Å²) in [6.07, 6.45) is 4.58. The van der Waals surface area contributed by atoms with Crippen molar-refractivity contribution in [2.45, 2.75) is 38.0 Å². The molecule has 1 aliphatic carbocycles. The number of aromatic hydroxyl groups is 1. The van der Waals surface area contributed by atoms with Gasteiger partial charge >= 0.3 is 0 Å². The number of halogens is 1. The molecule has 16 heavy (non-hydrogen) atoms. The van der Waals surface area contributed by atoms with Crippen LogP contribution in [0.1, 0.15) is 36.8 Å². The van der Waals surface area contributed by atoms with Crippen LogP contribution >= 0.6 is 15.9 Å². The van der Waals surface area contributed by atoms with E-state index >= 15 is 0 Å². The molecule has 1 fully saturated rings. The van der Waals surface area contributed by atoms with Gasteiger partial charge in [-0.05, 0) is 31.4 Å². The van der Waals surface area contributed by atoms with Crippen molar-refractivity contribution in [2.24, 2.45) is 5.73 Å². The summed E-state index contributed by atoms with van der Waals surface area (Å²) in [7, 11) is 0. The van der Waals surface area contributed by atoms with Gasteiger partial charge in [0.15, 0.2) is 0 Å². The van der Waals surface area contributed by atoms with Crippen LogP contribution in [0.15, 0.2) is 16.6 Å². The molecule has 1 saturated carbocycles. The fourth-order valence-corrected chi connectivity index (χ4v) is 3.54. The van der Waals surface area contributed by atoms with Crippen molar-refractivity contribution in [1.29, 1.82) is 0 Å². The minimum atomic E-state index is -0.0189. The second-order valence-electron chi connectivity index (χ2n) is 4.78. The average Bonchev–Trinajstić information content (AvgIpc) is 2.74. The van der Waals surface area contributed by atoms with E-state index in [1.54, 1.807) is 6.07 Å². The minimum Gasteiger partial charge on any atom is -0.508 e. The van der Waals surface area contributed by atoms with Gasteiger partial charge in [-0.25, -0.2) is 0 Å². The van der Waals surface area contributed by atoms with Gasteiger partial charge in [0.1, 0.15) is 5.75 Å². The maximum Gasteiger partial charge on any atom is 0.120 e. The molecule has 0 atom stereocenters. The number of phenols is 1. The predicted octanol–water partition coefficient (Wildman–Crippen LogP) is 3.23. The maximum atomic E-state index is 10.1. The van der Waals surface area contributed by atoms with Gasteiger partial charge in [0.25, 0.3) is 0 Å². The van der Waals surface area contributed by atoms with Crippen molar-refractivity contribution in [3.63, 3.8) is 0 Å². The lowest BCUT2D eigenvalue weighted by Gasteiger charge is -2.30. The second-order valence-corrected chi connectivity index (χ2v) is 5.58. The number of aryl methyl sites for hydroxylation is 1. The van der Waals surface area contributed by atoms with E-state index in [4.69, 9.17) is 5.73 Å². The molecular formula is C13H18BrNO. The zero-order valence-electron chi connectivity index (χ0n) is 9.59. The Bertz CT molecular complexity index is 397. The molecule has 88 valence electrons. The summed E-state index contributed by atoms with van der Waals surface area (Å²) in [5.41, 5.74) is 8.12. The third-order valence-electron chi connectivity index (χ3n) is 3.79. The van der Waals surface area contributed by atoms with E-state index in [0.29, 0.717) is 12.3 Å². The Labute approximate surface area is 105 Å². The molecule has 0 aromatic heterocycles. The summed E-state index contributed by atoms with van der Waals surface area (Å²) < 4.78 is 1.03. The van der Waals surface area contributed by atoms with Crippen molar-refractivity contribution < 1.29 is 5.11 Å². The summed E-state index contributed by atoms with van der Waals surface area (Å²) in [5, 5.41) is 10.1. The van der Waals surface area contributed by atoms with Crippen LogP contribution in [0.4, 0.5) is 0 Å². The molecule has 0 aliphatic heterocycles. The van der Waals surface area contributed by atoms with Crippen LogP contribution in [-0.2, 0) is 5.41 Å². The van der Waals surface area contributed by atoms with Crippen molar-refractivity contribution >= 4 is 15.9 Å². The smallest absolute Gasteiger partial charge is 0.120 e. The first-order valence-corrected chi connectivity index (χ1v) is 6.59. The lowest BCUT2D eigenvalue weighted by atomic mass is 9.78. The predicted molar refractivity (Wildman–Crippen MR) is 69.7 cm³/mol. The minimum absolute atomic E-state index is 0.0189. The fraction of sp³-hybridized carbons (Fsp3) is 0.538. The summed E-state index contributed by atoms with van der Waals surface area (Å²) in [6.45, 7) is 2.66. The van der Waals surface area contributed by atoms with Gasteiger partial charge in [-0.2, -0.15) is 0 Å². The molecule has 3 N–H and O–H groups in total. The highest BCUT2D eigenvalue weighted by Gasteiger charge is 2.38. The van der Waals surface area contributed by atoms with Crippen LogP contribution in [-0.4, -0.2) is 11.7 Å². The van der Waals surface area contributed by atoms with Crippen LogP contribution in [0.2, 0.25) is 0 Å². The van der Waals surface area contributed by atoms with E-state index in [1.807, 2.05) is 13.0 Å². The van der Waals surface area contributed by atoms with Gasteiger partial charge in [0.05, 0.1) is 0 Å². The molecule has 0 spiro atoms. The highest BCUT2D eigenvalue weighted by Crippen LogP contribution is 2.47. The molecule has 0 heterocycles. The normalized spacial score (nSPS) is 18.9. The summed E-state index contributed by atoms with van der Waals surface area (Å²) in [6, 6.07) is 3.72. The zero-order chi connectivity index (χ0) is 11.8. The maximum absolute atomic E-state index is 10.1. The molecular weight excluding hydrogens is 266 g/mol. The lowest BCUT2D eigenvalue weighted by Crippen LogP contribution is -2.32. The van der Waals surface area contributed by atoms with E-state index in [1.165, 1.54) is 12.8 Å². The Kier molecular flexibility index (Phi) is 3.27. The number of hydrogen-bond acceptors (Lipinski definition) is 2. The van der Waals surface area contributed by atoms with Gasteiger partial charge < -0.3 is 10.8 Å². The molecule has 3 heteroatoms. The van der Waals surface area contributed by atoms with Crippen molar-refractivity contribution in [3.8, 4) is 5.75 Å². The topological polar surface area (TPSA) is 46.2 Å². The fourth-order valence-electron chi connectivity index (χ4n) is 2.78. The Morgan fingerprint density at radius 1 is 1.38 bits per heavy atom. The average molecular weight is 284 g/mol. The Hall–Kier alpha value is -0.540. The van der Waals surface area contributed by atoms with E-state index in [9.17, 15) is 5.11 Å². The lowest BCUT2D eigenvalue weighted by molar-refractivity contribution is 0.403. The second kappa shape index (κ2) is 4.38. The van der Waals surface area contributed by atoms with E-state index < -0.39 is 0 Å². The van der Waals surface area contributed by atoms with Crippen molar-refractivity contribution in [3.05, 3.63) is 27.7 Å². The zero-order valence-corrected chi connectivity index (χ0v) is 11.2. The van der Waals surface area contributed by atoms with E-state index in [-0.39, 0.29) is 5.41 Å². The van der Waals surface area contributed by atoms with E-state index in [0.717, 1.165) is 28.4 Å². The standard InChI is InChI=1S/C13H18BrNO/c1-9-4-5-10(16)11(12(9)14)13(8-15)6-2-3-7-13/h4-5,16H,2-3,6-8,15H2,1H3. The molecule has 0 bridgehead atoms. The largest absolute Gasteiger partial charge is 0.508 e. The summed E-state index contributed by atoms with van der Waals surface area (Å²) in [5.74, 6) is 0.379. The highest BCUT2D eigenvalue weighted by molar-refractivity contribution is 9.10. The molecule has 0 unspecified atom stereocenters. The molecule has 2 nitrogen and oxygen atoms in total. The first-order valence-electron chi connectivity index (χ1n) is 5.79. The molecule has 0 radical (unpaired) electrons. The number of hydrogen-bond donors (Lipinski definition) is 2. The monoisotopic (exact) mass is 283 g/mol. The van der Waals surface area contributed by atoms with Gasteiger partial charge in [-0.15, -0.1) is 0 Å². The van der Waals surface area contributed by atoms with Crippen molar-refractivity contribution in [1.82, 2.24) is 0 Å². The third-order valence-corrected chi connectivity index (χ3v) is 4.82. The first kappa shape index (κ1) is 11.9. The molecule has 2 rings (SSSR count). The number of rotatable bonds is 2. The van der Waals surface area contributed by atoms with Crippen LogP contribution in [0, 0.1) is 6.92 Å². The Morgan fingerprint density at radius 2 is 2.00 bits per heavy atom. The van der Waals surface area contributed by atoms with Crippen LogP contribution in [0.5, 0.6) is 5.75 Å². The molecule has 1 aromatic rings. The number of nitrogens with two attached hydrogens (primary N) is 1. The van der Waals surface area contributed by atoms with Gasteiger partial charge in [0, 0.05) is 22.0 Å². The van der Waals surface area contributed by atoms with Gasteiger partial charge in [-0.1, -0.05) is 34.8 Å². The Balaban J connectivity index is 2.57. The molecule has 1 aliphatic rings. The highest BCUT2D eigenvalue weighted by atomic mass is 79.9. The van der Waals surface area contributed by atoms with Gasteiger partial charge in [-0.3, -0.25) is 0 Å². The summed E-state index contributed by atoms with van der Waals surface area (Å²) >= 11 is 3.60. The van der Waals surface area contributed by atoms with Crippen LogP contribution in [0.3, 0.4) is 0 Å². The first-order chi connectivity index (χ1) is 7.60. The number of benzene rings is 1. The molecule has 0 saturated heterocycles. The quantitative estimate of drug-likeness (QED) is 0.875. The van der Waals surface area contributed by atoms with Crippen molar-refractivity contribution in [2.75, 3.05) is 6.54 Å². The van der Waals surface area contributed by atoms with E-state index in [2.05, 4.69) is 15.9 Å². The molecule has 1 aromatic carbocycles. The van der Waals surface area contributed by atoms with Gasteiger partial charge in [0.2, 0.25) is 0 Å². The number of phenolic OH excluding ortho intramolecular Hbond substituents is 1. The van der Waals surface area contributed by atoms with Crippen LogP contribution in [0.25, 0.3) is 0 Å². The summed E-state index contributed by atoms with van der Waals surface area (Å²) in [4.78, 5) is 0. The third kappa shape index (κ3) is 1.76. The Morgan fingerprint density at radius 3 is 2.56 bits per heavy atom. The van der Waals surface area contributed by atoms with Crippen LogP contribution < -0.4 is 5.73 Å². The SMILES string of the molecule is Cc1ccc(O)c(C2(CN)CCCC2)c1Br. The molecule has 0 amide bonds.